The van der Waals surface area contributed by atoms with Crippen molar-refractivity contribution in [1.82, 2.24) is 0 Å². The zero-order chi connectivity index (χ0) is 23.5. The van der Waals surface area contributed by atoms with Gasteiger partial charge in [0.2, 0.25) is 0 Å². The van der Waals surface area contributed by atoms with Gasteiger partial charge in [-0.15, -0.1) is 0 Å². The Balaban J connectivity index is 0. The molecular weight excluding hydrogens is 372 g/mol. The molecule has 1 aliphatic rings. The van der Waals surface area contributed by atoms with Crippen molar-refractivity contribution in [1.29, 1.82) is 0 Å². The van der Waals surface area contributed by atoms with Gasteiger partial charge in [0.1, 0.15) is 0 Å². The molecule has 0 heterocycles. The van der Waals surface area contributed by atoms with Crippen LogP contribution in [0.5, 0.6) is 0 Å². The van der Waals surface area contributed by atoms with Gasteiger partial charge in [0.05, 0.1) is 26.1 Å². The molecule has 3 nitrogen and oxygen atoms in total. The minimum atomic E-state index is -0.371. The third kappa shape index (κ3) is 9.78. The Morgan fingerprint density at radius 2 is 1.37 bits per heavy atom. The summed E-state index contributed by atoms with van der Waals surface area (Å²) >= 11 is 0. The van der Waals surface area contributed by atoms with E-state index in [0.29, 0.717) is 5.57 Å². The summed E-state index contributed by atoms with van der Waals surface area (Å²) in [5.74, 6) is -0.371. The first kappa shape index (κ1) is 29.6. The molecule has 2 rings (SSSR count). The highest BCUT2D eigenvalue weighted by Gasteiger charge is 2.23. The minimum absolute atomic E-state index is 0.371. The van der Waals surface area contributed by atoms with Gasteiger partial charge in [-0.1, -0.05) is 95.2 Å². The van der Waals surface area contributed by atoms with Crippen LogP contribution in [-0.2, 0) is 14.3 Å². The number of ether oxygens (including phenoxy) is 2. The van der Waals surface area contributed by atoms with Crippen LogP contribution in [0.1, 0.15) is 73.8 Å². The Bertz CT molecular complexity index is 720. The molecule has 1 aromatic rings. The Morgan fingerprint density at radius 1 is 0.833 bits per heavy atom. The summed E-state index contributed by atoms with van der Waals surface area (Å²) in [5.41, 5.74) is 6.33. The van der Waals surface area contributed by atoms with Crippen molar-refractivity contribution in [2.45, 2.75) is 68.2 Å². The molecule has 1 aliphatic carbocycles. The predicted molar refractivity (Wildman–Crippen MR) is 131 cm³/mol. The maximum atomic E-state index is 12.2. The summed E-state index contributed by atoms with van der Waals surface area (Å²) in [7, 11) is 2.93. The fourth-order valence-corrected chi connectivity index (χ4v) is 2.73. The van der Waals surface area contributed by atoms with Gasteiger partial charge in [0.15, 0.2) is 0 Å². The van der Waals surface area contributed by atoms with Gasteiger partial charge in [0, 0.05) is 0 Å². The summed E-state index contributed by atoms with van der Waals surface area (Å²) in [6.07, 6.45) is 7.19. The topological polar surface area (TPSA) is 35.5 Å². The summed E-state index contributed by atoms with van der Waals surface area (Å²) in [6, 6.07) is 10.1. The smallest absolute Gasteiger partial charge is 0.341 e. The third-order valence-electron chi connectivity index (χ3n) is 4.26. The largest absolute Gasteiger partial charge is 0.503 e. The maximum Gasteiger partial charge on any atom is 0.341 e. The van der Waals surface area contributed by atoms with E-state index in [1.54, 1.807) is 7.11 Å². The molecule has 0 radical (unpaired) electrons. The molecule has 0 aliphatic heterocycles. The van der Waals surface area contributed by atoms with E-state index in [4.69, 9.17) is 9.47 Å². The molecule has 0 unspecified atom stereocenters. The SMILES string of the molecule is CC.CC.CC.CO/C=C(\C(=O)OC)C1=C(/C=C\c2ccccc2)CC(C)=C(C)C1. The Morgan fingerprint density at radius 3 is 1.87 bits per heavy atom. The van der Waals surface area contributed by atoms with Gasteiger partial charge in [-0.05, 0) is 43.4 Å². The summed E-state index contributed by atoms with van der Waals surface area (Å²) in [5, 5.41) is 0. The lowest BCUT2D eigenvalue weighted by Gasteiger charge is -2.22. The van der Waals surface area contributed by atoms with Crippen LogP contribution in [0.25, 0.3) is 6.08 Å². The second kappa shape index (κ2) is 18.5. The molecule has 1 aromatic carbocycles. The molecule has 0 aromatic heterocycles. The summed E-state index contributed by atoms with van der Waals surface area (Å²) < 4.78 is 10.0. The van der Waals surface area contributed by atoms with Crippen LogP contribution >= 0.6 is 0 Å². The highest BCUT2D eigenvalue weighted by atomic mass is 16.5. The quantitative estimate of drug-likeness (QED) is 0.212. The molecule has 0 N–H and O–H groups in total. The van der Waals surface area contributed by atoms with Crippen molar-refractivity contribution in [3.05, 3.63) is 76.1 Å². The first-order valence-electron chi connectivity index (χ1n) is 11.0. The predicted octanol–water partition coefficient (Wildman–Crippen LogP) is 7.91. The van der Waals surface area contributed by atoms with E-state index in [-0.39, 0.29) is 5.97 Å². The van der Waals surface area contributed by atoms with Gasteiger partial charge in [-0.25, -0.2) is 4.79 Å². The second-order valence-electron chi connectivity index (χ2n) is 5.92. The van der Waals surface area contributed by atoms with E-state index in [2.05, 4.69) is 38.1 Å². The number of carbonyl (C=O) groups is 1. The summed E-state index contributed by atoms with van der Waals surface area (Å²) in [4.78, 5) is 12.2. The van der Waals surface area contributed by atoms with Crippen LogP contribution in [-0.4, -0.2) is 20.2 Å². The average Bonchev–Trinajstić information content (AvgIpc) is 2.82. The molecule has 0 amide bonds. The van der Waals surface area contributed by atoms with Crippen molar-refractivity contribution in [2.24, 2.45) is 0 Å². The van der Waals surface area contributed by atoms with Crippen LogP contribution in [0.3, 0.4) is 0 Å². The number of allylic oxidation sites excluding steroid dienone is 4. The van der Waals surface area contributed by atoms with E-state index in [1.165, 1.54) is 24.5 Å². The van der Waals surface area contributed by atoms with Crippen LogP contribution in [0.15, 0.2) is 70.5 Å². The molecule has 0 fully saturated rings. The molecule has 168 valence electrons. The monoisotopic (exact) mass is 414 g/mol. The van der Waals surface area contributed by atoms with Crippen molar-refractivity contribution >= 4 is 12.0 Å². The van der Waals surface area contributed by atoms with Crippen molar-refractivity contribution in [3.8, 4) is 0 Å². The number of rotatable bonds is 5. The standard InChI is InChI=1S/C21H24O3.3C2H6/c1-15-12-18(11-10-17-8-6-5-7-9-17)19(13-16(15)2)20(14-23-3)21(22)24-4;3*1-2/h5-11,14H,12-13H2,1-4H3;3*1-2H3/b11-10-,20-14-;;;. The third-order valence-corrected chi connectivity index (χ3v) is 4.26. The number of methoxy groups -OCH3 is 2. The Labute approximate surface area is 185 Å². The highest BCUT2D eigenvalue weighted by Crippen LogP contribution is 2.35. The van der Waals surface area contributed by atoms with Gasteiger partial charge < -0.3 is 9.47 Å². The van der Waals surface area contributed by atoms with E-state index >= 15 is 0 Å². The summed E-state index contributed by atoms with van der Waals surface area (Å²) in [6.45, 7) is 16.2. The zero-order valence-electron chi connectivity index (χ0n) is 20.8. The van der Waals surface area contributed by atoms with Crippen LogP contribution in [0.4, 0.5) is 0 Å². The van der Waals surface area contributed by atoms with Gasteiger partial charge >= 0.3 is 5.97 Å². The molecule has 0 bridgehead atoms. The number of esters is 1. The molecule has 3 heteroatoms. The van der Waals surface area contributed by atoms with Crippen molar-refractivity contribution < 1.29 is 14.3 Å². The Kier molecular flexibility index (Phi) is 18.3. The first-order chi connectivity index (χ1) is 14.6. The molecule has 30 heavy (non-hydrogen) atoms. The maximum absolute atomic E-state index is 12.2. The highest BCUT2D eigenvalue weighted by molar-refractivity contribution is 5.94. The molecule has 0 atom stereocenters. The normalized spacial score (nSPS) is 13.3. The number of hydrogen-bond donors (Lipinski definition) is 0. The van der Waals surface area contributed by atoms with E-state index in [9.17, 15) is 4.79 Å². The van der Waals surface area contributed by atoms with Gasteiger partial charge in [0.25, 0.3) is 0 Å². The second-order valence-corrected chi connectivity index (χ2v) is 5.92. The van der Waals surface area contributed by atoms with E-state index in [1.807, 2.05) is 59.7 Å². The molecule has 0 saturated heterocycles. The van der Waals surface area contributed by atoms with E-state index < -0.39 is 0 Å². The number of hydrogen-bond acceptors (Lipinski definition) is 3. The minimum Gasteiger partial charge on any atom is -0.503 e. The van der Waals surface area contributed by atoms with Crippen LogP contribution in [0, 0.1) is 0 Å². The lowest BCUT2D eigenvalue weighted by Crippen LogP contribution is -2.12. The van der Waals surface area contributed by atoms with Gasteiger partial charge in [-0.3, -0.25) is 0 Å². The lowest BCUT2D eigenvalue weighted by atomic mass is 9.83. The molecule has 0 saturated carbocycles. The van der Waals surface area contributed by atoms with E-state index in [0.717, 1.165) is 29.6 Å². The average molecular weight is 415 g/mol. The molecular formula is C27H42O3. The van der Waals surface area contributed by atoms with Crippen molar-refractivity contribution in [3.63, 3.8) is 0 Å². The van der Waals surface area contributed by atoms with Crippen LogP contribution in [0.2, 0.25) is 0 Å². The number of carbonyl (C=O) groups excluding carboxylic acids is 1. The fourth-order valence-electron chi connectivity index (χ4n) is 2.73. The van der Waals surface area contributed by atoms with Gasteiger partial charge in [-0.2, -0.15) is 0 Å². The van der Waals surface area contributed by atoms with Crippen molar-refractivity contribution in [2.75, 3.05) is 14.2 Å². The molecule has 0 spiro atoms. The Hall–Kier alpha value is -2.55. The lowest BCUT2D eigenvalue weighted by molar-refractivity contribution is -0.136. The first-order valence-corrected chi connectivity index (χ1v) is 11.0. The van der Waals surface area contributed by atoms with Crippen LogP contribution < -0.4 is 0 Å². The zero-order valence-corrected chi connectivity index (χ0v) is 20.8. The fraction of sp³-hybridized carbons (Fsp3) is 0.444. The number of benzene rings is 1.